The highest BCUT2D eigenvalue weighted by Gasteiger charge is 2.26. The number of para-hydroxylation sites is 1. The molecule has 0 saturated heterocycles. The van der Waals surface area contributed by atoms with Crippen LogP contribution in [0.2, 0.25) is 0 Å². The SMILES string of the molecule is CCCc1ccc(NC(=O)[C@@H]2Cc3ccccc3N2)cc1. The first-order valence-electron chi connectivity index (χ1n) is 7.50. The summed E-state index contributed by atoms with van der Waals surface area (Å²) in [5, 5.41) is 6.26. The van der Waals surface area contributed by atoms with Gasteiger partial charge < -0.3 is 10.6 Å². The van der Waals surface area contributed by atoms with E-state index in [0.29, 0.717) is 0 Å². The van der Waals surface area contributed by atoms with Gasteiger partial charge in [0, 0.05) is 17.8 Å². The van der Waals surface area contributed by atoms with Crippen molar-refractivity contribution in [2.45, 2.75) is 32.2 Å². The lowest BCUT2D eigenvalue weighted by Gasteiger charge is -2.12. The van der Waals surface area contributed by atoms with Crippen molar-refractivity contribution in [3.05, 3.63) is 59.7 Å². The summed E-state index contributed by atoms with van der Waals surface area (Å²) >= 11 is 0. The Morgan fingerprint density at radius 2 is 1.95 bits per heavy atom. The summed E-state index contributed by atoms with van der Waals surface area (Å²) in [5.74, 6) is 0.0226. The molecule has 2 aromatic carbocycles. The molecule has 1 aliphatic heterocycles. The predicted molar refractivity (Wildman–Crippen MR) is 86.6 cm³/mol. The topological polar surface area (TPSA) is 41.1 Å². The number of benzene rings is 2. The summed E-state index contributed by atoms with van der Waals surface area (Å²) in [6, 6.07) is 16.0. The van der Waals surface area contributed by atoms with Crippen LogP contribution >= 0.6 is 0 Å². The Morgan fingerprint density at radius 1 is 1.19 bits per heavy atom. The van der Waals surface area contributed by atoms with Crippen LogP contribution in [0.4, 0.5) is 11.4 Å². The zero-order valence-electron chi connectivity index (χ0n) is 12.2. The molecular weight excluding hydrogens is 260 g/mol. The summed E-state index contributed by atoms with van der Waals surface area (Å²) in [4.78, 5) is 12.3. The van der Waals surface area contributed by atoms with Crippen LogP contribution in [0.1, 0.15) is 24.5 Å². The second-order valence-electron chi connectivity index (χ2n) is 5.49. The summed E-state index contributed by atoms with van der Waals surface area (Å²) in [6.07, 6.45) is 2.96. The molecule has 21 heavy (non-hydrogen) atoms. The molecule has 2 N–H and O–H groups in total. The van der Waals surface area contributed by atoms with Crippen molar-refractivity contribution >= 4 is 17.3 Å². The van der Waals surface area contributed by atoms with Crippen molar-refractivity contribution in [3.8, 4) is 0 Å². The minimum absolute atomic E-state index is 0.0226. The fourth-order valence-electron chi connectivity index (χ4n) is 2.73. The Balaban J connectivity index is 1.62. The molecule has 1 heterocycles. The van der Waals surface area contributed by atoms with Crippen molar-refractivity contribution in [1.82, 2.24) is 0 Å². The van der Waals surface area contributed by atoms with Gasteiger partial charge in [-0.05, 0) is 35.7 Å². The average Bonchev–Trinajstić information content (AvgIpc) is 2.94. The quantitative estimate of drug-likeness (QED) is 0.898. The highest BCUT2D eigenvalue weighted by atomic mass is 16.2. The number of nitrogens with one attached hydrogen (secondary N) is 2. The van der Waals surface area contributed by atoms with E-state index in [2.05, 4.69) is 35.8 Å². The van der Waals surface area contributed by atoms with E-state index in [4.69, 9.17) is 0 Å². The van der Waals surface area contributed by atoms with Crippen LogP contribution in [0.3, 0.4) is 0 Å². The first-order valence-corrected chi connectivity index (χ1v) is 7.50. The Bertz CT molecular complexity index is 609. The number of hydrogen-bond acceptors (Lipinski definition) is 2. The predicted octanol–water partition coefficient (Wildman–Crippen LogP) is 3.61. The molecule has 0 aliphatic carbocycles. The maximum absolute atomic E-state index is 12.3. The lowest BCUT2D eigenvalue weighted by Crippen LogP contribution is -2.32. The second kappa shape index (κ2) is 6.00. The molecule has 0 spiro atoms. The minimum Gasteiger partial charge on any atom is -0.373 e. The number of aryl methyl sites for hydroxylation is 1. The summed E-state index contributed by atoms with van der Waals surface area (Å²) in [7, 11) is 0. The number of fused-ring (bicyclic) bond motifs is 1. The van der Waals surface area contributed by atoms with Crippen LogP contribution in [-0.2, 0) is 17.6 Å². The molecule has 0 aromatic heterocycles. The molecule has 0 fully saturated rings. The largest absolute Gasteiger partial charge is 0.373 e. The van der Waals surface area contributed by atoms with Crippen LogP contribution in [-0.4, -0.2) is 11.9 Å². The van der Waals surface area contributed by atoms with E-state index in [9.17, 15) is 4.79 Å². The van der Waals surface area contributed by atoms with E-state index >= 15 is 0 Å². The van der Waals surface area contributed by atoms with Gasteiger partial charge in [0.05, 0.1) is 0 Å². The van der Waals surface area contributed by atoms with Crippen molar-refractivity contribution in [3.63, 3.8) is 0 Å². The molecule has 0 unspecified atom stereocenters. The normalized spacial score (nSPS) is 16.1. The Kier molecular flexibility index (Phi) is 3.91. The van der Waals surface area contributed by atoms with Gasteiger partial charge in [-0.2, -0.15) is 0 Å². The highest BCUT2D eigenvalue weighted by Crippen LogP contribution is 2.25. The smallest absolute Gasteiger partial charge is 0.247 e. The zero-order chi connectivity index (χ0) is 14.7. The first-order chi connectivity index (χ1) is 10.3. The number of amides is 1. The third kappa shape index (κ3) is 3.07. The van der Waals surface area contributed by atoms with Gasteiger partial charge in [0.25, 0.3) is 0 Å². The van der Waals surface area contributed by atoms with Crippen LogP contribution in [0, 0.1) is 0 Å². The van der Waals surface area contributed by atoms with Crippen molar-refractivity contribution < 1.29 is 4.79 Å². The van der Waals surface area contributed by atoms with Gasteiger partial charge in [-0.3, -0.25) is 4.79 Å². The van der Waals surface area contributed by atoms with E-state index < -0.39 is 0 Å². The van der Waals surface area contributed by atoms with Crippen LogP contribution in [0.5, 0.6) is 0 Å². The van der Waals surface area contributed by atoms with E-state index in [1.165, 1.54) is 11.1 Å². The molecular formula is C18H20N2O. The molecule has 3 rings (SSSR count). The fraction of sp³-hybridized carbons (Fsp3) is 0.278. The third-order valence-corrected chi connectivity index (χ3v) is 3.85. The molecule has 0 bridgehead atoms. The summed E-state index contributed by atoms with van der Waals surface area (Å²) in [6.45, 7) is 2.17. The molecule has 0 saturated carbocycles. The number of carbonyl (C=O) groups excluding carboxylic acids is 1. The van der Waals surface area contributed by atoms with E-state index in [1.807, 2.05) is 30.3 Å². The lowest BCUT2D eigenvalue weighted by atomic mass is 10.1. The van der Waals surface area contributed by atoms with Gasteiger partial charge in [-0.15, -0.1) is 0 Å². The number of anilines is 2. The lowest BCUT2D eigenvalue weighted by molar-refractivity contribution is -0.116. The van der Waals surface area contributed by atoms with Crippen molar-refractivity contribution in [2.75, 3.05) is 10.6 Å². The molecule has 3 nitrogen and oxygen atoms in total. The first kappa shape index (κ1) is 13.7. The number of carbonyl (C=O) groups is 1. The molecule has 3 heteroatoms. The van der Waals surface area contributed by atoms with Gasteiger partial charge in [0.2, 0.25) is 5.91 Å². The molecule has 1 aliphatic rings. The van der Waals surface area contributed by atoms with Crippen molar-refractivity contribution in [2.24, 2.45) is 0 Å². The maximum Gasteiger partial charge on any atom is 0.247 e. The molecule has 1 amide bonds. The van der Waals surface area contributed by atoms with Crippen LogP contribution < -0.4 is 10.6 Å². The van der Waals surface area contributed by atoms with E-state index in [1.54, 1.807) is 0 Å². The summed E-state index contributed by atoms with van der Waals surface area (Å²) in [5.41, 5.74) is 4.44. The van der Waals surface area contributed by atoms with Gasteiger partial charge >= 0.3 is 0 Å². The third-order valence-electron chi connectivity index (χ3n) is 3.85. The van der Waals surface area contributed by atoms with Gasteiger partial charge in [0.15, 0.2) is 0 Å². The second-order valence-corrected chi connectivity index (χ2v) is 5.49. The van der Waals surface area contributed by atoms with Crippen LogP contribution in [0.15, 0.2) is 48.5 Å². The summed E-state index contributed by atoms with van der Waals surface area (Å²) < 4.78 is 0. The van der Waals surface area contributed by atoms with E-state index in [-0.39, 0.29) is 11.9 Å². The Hall–Kier alpha value is -2.29. The molecule has 2 aromatic rings. The monoisotopic (exact) mass is 280 g/mol. The van der Waals surface area contributed by atoms with Gasteiger partial charge in [0.1, 0.15) is 6.04 Å². The number of rotatable bonds is 4. The highest BCUT2D eigenvalue weighted by molar-refractivity contribution is 5.98. The minimum atomic E-state index is -0.183. The average molecular weight is 280 g/mol. The Labute approximate surface area is 125 Å². The van der Waals surface area contributed by atoms with E-state index in [0.717, 1.165) is 30.6 Å². The number of hydrogen-bond donors (Lipinski definition) is 2. The molecule has 0 radical (unpaired) electrons. The standard InChI is InChI=1S/C18H20N2O/c1-2-5-13-8-10-15(11-9-13)19-18(21)17-12-14-6-3-4-7-16(14)20-17/h3-4,6-11,17,20H,2,5,12H2,1H3,(H,19,21)/t17-/m0/s1. The Morgan fingerprint density at radius 3 is 2.67 bits per heavy atom. The van der Waals surface area contributed by atoms with Crippen LogP contribution in [0.25, 0.3) is 0 Å². The van der Waals surface area contributed by atoms with Gasteiger partial charge in [-0.25, -0.2) is 0 Å². The van der Waals surface area contributed by atoms with Crippen molar-refractivity contribution in [1.29, 1.82) is 0 Å². The maximum atomic E-state index is 12.3. The molecule has 1 atom stereocenters. The zero-order valence-corrected chi connectivity index (χ0v) is 12.2. The molecule has 108 valence electrons. The fourth-order valence-corrected chi connectivity index (χ4v) is 2.73. The van der Waals surface area contributed by atoms with Gasteiger partial charge in [-0.1, -0.05) is 43.7 Å².